The Hall–Kier alpha value is -1.40. The van der Waals surface area contributed by atoms with Crippen LogP contribution in [0, 0.1) is 0 Å². The summed E-state index contributed by atoms with van der Waals surface area (Å²) in [6.07, 6.45) is 4.67. The van der Waals surface area contributed by atoms with Gasteiger partial charge in [-0.05, 0) is 37.5 Å². The molecule has 2 bridgehead atoms. The first kappa shape index (κ1) is 12.3. The number of benzene rings is 1. The molecular weight excluding hydrogens is 276 g/mol. The second kappa shape index (κ2) is 4.05. The third-order valence-corrected chi connectivity index (χ3v) is 5.53. The van der Waals surface area contributed by atoms with Crippen LogP contribution in [0.4, 0.5) is 0 Å². The number of aromatic nitrogens is 1. The van der Waals surface area contributed by atoms with Crippen molar-refractivity contribution in [2.75, 3.05) is 6.26 Å². The quantitative estimate of drug-likeness (QED) is 0.914. The standard InChI is InChI=1S/C14H16N2O3S/c1-20(17,18)9-3-5-13-12(7-9)16-14(19-13)10-6-8-2-4-11(10)15-8/h3,5,7-8,10-11,15H,2,4,6H2,1H3. The topological polar surface area (TPSA) is 72.2 Å². The van der Waals surface area contributed by atoms with E-state index in [0.29, 0.717) is 29.1 Å². The SMILES string of the molecule is CS(=O)(=O)c1ccc2oc(C3CC4CCC3N4)nc2c1. The van der Waals surface area contributed by atoms with E-state index >= 15 is 0 Å². The van der Waals surface area contributed by atoms with E-state index in [0.717, 1.165) is 12.3 Å². The molecule has 0 spiro atoms. The van der Waals surface area contributed by atoms with Gasteiger partial charge < -0.3 is 9.73 Å². The Labute approximate surface area is 117 Å². The van der Waals surface area contributed by atoms with Crippen molar-refractivity contribution in [3.8, 4) is 0 Å². The summed E-state index contributed by atoms with van der Waals surface area (Å²) in [6, 6.07) is 5.92. The van der Waals surface area contributed by atoms with E-state index in [1.165, 1.54) is 19.1 Å². The average molecular weight is 292 g/mol. The lowest BCUT2D eigenvalue weighted by Crippen LogP contribution is -2.21. The van der Waals surface area contributed by atoms with Gasteiger partial charge in [0.1, 0.15) is 5.52 Å². The molecule has 2 aliphatic heterocycles. The van der Waals surface area contributed by atoms with E-state index in [1.807, 2.05) is 0 Å². The fourth-order valence-electron chi connectivity index (χ4n) is 3.41. The number of oxazole rings is 1. The molecule has 3 heterocycles. The smallest absolute Gasteiger partial charge is 0.200 e. The summed E-state index contributed by atoms with van der Waals surface area (Å²) in [5, 5.41) is 3.56. The number of nitrogens with zero attached hydrogens (tertiary/aromatic N) is 1. The molecule has 106 valence electrons. The number of rotatable bonds is 2. The molecule has 2 aromatic rings. The number of hydrogen-bond donors (Lipinski definition) is 1. The lowest BCUT2D eigenvalue weighted by atomic mass is 9.89. The first-order valence-corrected chi connectivity index (χ1v) is 8.76. The fraction of sp³-hybridized carbons (Fsp3) is 0.500. The molecule has 2 aliphatic rings. The Bertz CT molecular complexity index is 781. The lowest BCUT2D eigenvalue weighted by molar-refractivity contribution is 0.408. The van der Waals surface area contributed by atoms with E-state index in [4.69, 9.17) is 4.42 Å². The van der Waals surface area contributed by atoms with Gasteiger partial charge in [-0.2, -0.15) is 0 Å². The molecule has 0 saturated carbocycles. The van der Waals surface area contributed by atoms with Crippen molar-refractivity contribution in [3.63, 3.8) is 0 Å². The van der Waals surface area contributed by atoms with E-state index in [1.54, 1.807) is 18.2 Å². The van der Waals surface area contributed by atoms with Gasteiger partial charge >= 0.3 is 0 Å². The van der Waals surface area contributed by atoms with Crippen molar-refractivity contribution in [1.82, 2.24) is 10.3 Å². The highest BCUT2D eigenvalue weighted by molar-refractivity contribution is 7.90. The molecular formula is C14H16N2O3S. The van der Waals surface area contributed by atoms with Gasteiger partial charge in [-0.15, -0.1) is 0 Å². The molecule has 0 radical (unpaired) electrons. The maximum atomic E-state index is 11.6. The van der Waals surface area contributed by atoms with Crippen LogP contribution in [0.2, 0.25) is 0 Å². The van der Waals surface area contributed by atoms with Crippen LogP contribution in [0.15, 0.2) is 27.5 Å². The van der Waals surface area contributed by atoms with Gasteiger partial charge in [0.25, 0.3) is 0 Å². The molecule has 4 rings (SSSR count). The molecule has 3 atom stereocenters. The first-order valence-electron chi connectivity index (χ1n) is 6.87. The summed E-state index contributed by atoms with van der Waals surface area (Å²) in [7, 11) is -3.21. The molecule has 1 aromatic carbocycles. The summed E-state index contributed by atoms with van der Waals surface area (Å²) >= 11 is 0. The Morgan fingerprint density at radius 2 is 2.20 bits per heavy atom. The van der Waals surface area contributed by atoms with Crippen molar-refractivity contribution in [1.29, 1.82) is 0 Å². The lowest BCUT2D eigenvalue weighted by Gasteiger charge is -2.15. The predicted octanol–water partition coefficient (Wildman–Crippen LogP) is 1.84. The van der Waals surface area contributed by atoms with Gasteiger partial charge in [0.15, 0.2) is 21.3 Å². The van der Waals surface area contributed by atoms with Gasteiger partial charge in [-0.3, -0.25) is 0 Å². The van der Waals surface area contributed by atoms with Gasteiger partial charge in [0.2, 0.25) is 0 Å². The molecule has 5 nitrogen and oxygen atoms in total. The van der Waals surface area contributed by atoms with Gasteiger partial charge in [0, 0.05) is 18.3 Å². The predicted molar refractivity (Wildman–Crippen MR) is 74.4 cm³/mol. The zero-order valence-corrected chi connectivity index (χ0v) is 12.0. The second-order valence-corrected chi connectivity index (χ2v) is 7.86. The van der Waals surface area contributed by atoms with Gasteiger partial charge in [-0.25, -0.2) is 13.4 Å². The first-order chi connectivity index (χ1) is 9.50. The summed E-state index contributed by atoms with van der Waals surface area (Å²) in [4.78, 5) is 4.80. The van der Waals surface area contributed by atoms with E-state index in [-0.39, 0.29) is 4.90 Å². The van der Waals surface area contributed by atoms with Crippen LogP contribution in [0.3, 0.4) is 0 Å². The average Bonchev–Trinajstić information content (AvgIpc) is 3.10. The zero-order chi connectivity index (χ0) is 13.9. The Morgan fingerprint density at radius 1 is 1.35 bits per heavy atom. The third kappa shape index (κ3) is 1.86. The molecule has 0 aliphatic carbocycles. The maximum absolute atomic E-state index is 11.6. The number of fused-ring (bicyclic) bond motifs is 3. The molecule has 0 amide bonds. The van der Waals surface area contributed by atoms with Crippen LogP contribution in [-0.2, 0) is 9.84 Å². The monoisotopic (exact) mass is 292 g/mol. The fourth-order valence-corrected chi connectivity index (χ4v) is 4.05. The van der Waals surface area contributed by atoms with Crippen LogP contribution >= 0.6 is 0 Å². The summed E-state index contributed by atoms with van der Waals surface area (Å²) in [5.41, 5.74) is 1.29. The van der Waals surface area contributed by atoms with Crippen molar-refractivity contribution >= 4 is 20.9 Å². The van der Waals surface area contributed by atoms with Gasteiger partial charge in [-0.1, -0.05) is 0 Å². The van der Waals surface area contributed by atoms with Crippen molar-refractivity contribution in [2.24, 2.45) is 0 Å². The van der Waals surface area contributed by atoms with Crippen LogP contribution < -0.4 is 5.32 Å². The van der Waals surface area contributed by atoms with Crippen LogP contribution in [0.25, 0.3) is 11.1 Å². The molecule has 1 N–H and O–H groups in total. The van der Waals surface area contributed by atoms with E-state index in [9.17, 15) is 8.42 Å². The van der Waals surface area contributed by atoms with Crippen molar-refractivity contribution < 1.29 is 12.8 Å². The van der Waals surface area contributed by atoms with E-state index in [2.05, 4.69) is 10.3 Å². The Kier molecular flexibility index (Phi) is 2.50. The van der Waals surface area contributed by atoms with E-state index < -0.39 is 9.84 Å². The molecule has 20 heavy (non-hydrogen) atoms. The normalized spacial score (nSPS) is 29.4. The molecule has 2 saturated heterocycles. The highest BCUT2D eigenvalue weighted by atomic mass is 32.2. The number of sulfone groups is 1. The molecule has 1 aromatic heterocycles. The number of nitrogens with one attached hydrogen (secondary N) is 1. The second-order valence-electron chi connectivity index (χ2n) is 5.84. The van der Waals surface area contributed by atoms with Crippen LogP contribution in [0.5, 0.6) is 0 Å². The highest BCUT2D eigenvalue weighted by Gasteiger charge is 2.42. The zero-order valence-electron chi connectivity index (χ0n) is 11.2. The summed E-state index contributed by atoms with van der Waals surface area (Å²) in [6.45, 7) is 0. The summed E-state index contributed by atoms with van der Waals surface area (Å²) in [5.74, 6) is 1.06. The molecule has 6 heteroatoms. The minimum absolute atomic E-state index is 0.288. The molecule has 2 fully saturated rings. The minimum atomic E-state index is -3.21. The third-order valence-electron chi connectivity index (χ3n) is 4.42. The Morgan fingerprint density at radius 3 is 2.85 bits per heavy atom. The van der Waals surface area contributed by atoms with Crippen LogP contribution in [-0.4, -0.2) is 31.7 Å². The largest absolute Gasteiger partial charge is 0.440 e. The minimum Gasteiger partial charge on any atom is -0.440 e. The Balaban J connectivity index is 1.76. The highest BCUT2D eigenvalue weighted by Crippen LogP contribution is 2.40. The van der Waals surface area contributed by atoms with Crippen LogP contribution in [0.1, 0.15) is 31.1 Å². The summed E-state index contributed by atoms with van der Waals surface area (Å²) < 4.78 is 29.0. The molecule has 3 unspecified atom stereocenters. The maximum Gasteiger partial charge on any atom is 0.200 e. The van der Waals surface area contributed by atoms with Crippen molar-refractivity contribution in [2.45, 2.75) is 42.2 Å². The van der Waals surface area contributed by atoms with Gasteiger partial charge in [0.05, 0.1) is 10.8 Å². The number of hydrogen-bond acceptors (Lipinski definition) is 5. The van der Waals surface area contributed by atoms with Crippen molar-refractivity contribution in [3.05, 3.63) is 24.1 Å².